The molecule has 0 bridgehead atoms. The number of nitrogens with one attached hydrogen (secondary N) is 1. The van der Waals surface area contributed by atoms with Gasteiger partial charge in [0.15, 0.2) is 0 Å². The highest BCUT2D eigenvalue weighted by Crippen LogP contribution is 2.40. The third-order valence-electron chi connectivity index (χ3n) is 5.75. The molecule has 1 amide bonds. The lowest BCUT2D eigenvalue weighted by Crippen LogP contribution is -2.40. The maximum absolute atomic E-state index is 13.3. The number of benzene rings is 2. The number of amides is 1. The van der Waals surface area contributed by atoms with Crippen molar-refractivity contribution >= 4 is 44.8 Å². The van der Waals surface area contributed by atoms with Crippen LogP contribution in [-0.2, 0) is 10.0 Å². The Morgan fingerprint density at radius 3 is 2.54 bits per heavy atom. The van der Waals surface area contributed by atoms with E-state index >= 15 is 0 Å². The first-order valence-corrected chi connectivity index (χ1v) is 10.9. The first-order chi connectivity index (χ1) is 12.9. The summed E-state index contributed by atoms with van der Waals surface area (Å²) in [4.78, 5) is 14.3. The molecule has 2 heterocycles. The third-order valence-corrected chi connectivity index (χ3v) is 7.71. The van der Waals surface area contributed by atoms with E-state index in [1.54, 1.807) is 46.6 Å². The second-order valence-electron chi connectivity index (χ2n) is 7.33. The molecule has 1 N–H and O–H groups in total. The van der Waals surface area contributed by atoms with Crippen LogP contribution in [0.15, 0.2) is 35.2 Å². The Balaban J connectivity index is 0.00000225. The molecule has 2 aliphatic rings. The van der Waals surface area contributed by atoms with Gasteiger partial charge in [-0.3, -0.25) is 4.79 Å². The maximum atomic E-state index is 13.3. The highest BCUT2D eigenvalue weighted by molar-refractivity contribution is 7.89. The Morgan fingerprint density at radius 2 is 1.86 bits per heavy atom. The van der Waals surface area contributed by atoms with E-state index in [1.165, 1.54) is 0 Å². The zero-order chi connectivity index (χ0) is 19.2. The van der Waals surface area contributed by atoms with E-state index in [-0.39, 0.29) is 18.3 Å². The van der Waals surface area contributed by atoms with Crippen molar-refractivity contribution in [1.82, 2.24) is 9.62 Å². The molecule has 1 fully saturated rings. The van der Waals surface area contributed by atoms with Gasteiger partial charge in [0.2, 0.25) is 10.0 Å². The van der Waals surface area contributed by atoms with E-state index in [0.29, 0.717) is 34.9 Å². The molecule has 0 radical (unpaired) electrons. The zero-order valence-electron chi connectivity index (χ0n) is 16.1. The van der Waals surface area contributed by atoms with Crippen LogP contribution < -0.4 is 10.2 Å². The second kappa shape index (κ2) is 7.99. The van der Waals surface area contributed by atoms with Crippen LogP contribution in [0.5, 0.6) is 0 Å². The summed E-state index contributed by atoms with van der Waals surface area (Å²) in [5.41, 5.74) is 1.35. The molecule has 152 valence electrons. The van der Waals surface area contributed by atoms with Crippen LogP contribution in [0.2, 0.25) is 0 Å². The standard InChI is InChI=1S/C20H25N3O3S.ClH/c1-3-21-13-14-9-11-23(12-10-14)27(25,26)18-8-7-17-19-15(18)5-4-6-16(19)20(24)22(17)2;/h4-8,14,21H,3,9-13H2,1-2H3;1H. The van der Waals surface area contributed by atoms with Crippen LogP contribution in [0.4, 0.5) is 5.69 Å². The minimum Gasteiger partial charge on any atom is -0.317 e. The Morgan fingerprint density at radius 1 is 1.14 bits per heavy atom. The van der Waals surface area contributed by atoms with Crippen molar-refractivity contribution < 1.29 is 13.2 Å². The van der Waals surface area contributed by atoms with Gasteiger partial charge in [-0.2, -0.15) is 4.31 Å². The lowest BCUT2D eigenvalue weighted by atomic mass is 9.98. The molecule has 0 unspecified atom stereocenters. The second-order valence-corrected chi connectivity index (χ2v) is 9.24. The lowest BCUT2D eigenvalue weighted by molar-refractivity contribution is 0.0999. The van der Waals surface area contributed by atoms with E-state index in [1.807, 2.05) is 0 Å². The van der Waals surface area contributed by atoms with Crippen molar-refractivity contribution in [3.05, 3.63) is 35.9 Å². The van der Waals surface area contributed by atoms with Gasteiger partial charge in [0.25, 0.3) is 5.91 Å². The monoisotopic (exact) mass is 423 g/mol. The summed E-state index contributed by atoms with van der Waals surface area (Å²) >= 11 is 0. The average Bonchev–Trinajstić information content (AvgIpc) is 2.93. The van der Waals surface area contributed by atoms with Crippen LogP contribution in [0.1, 0.15) is 30.1 Å². The molecule has 0 saturated carbocycles. The van der Waals surface area contributed by atoms with Crippen LogP contribution >= 0.6 is 12.4 Å². The lowest BCUT2D eigenvalue weighted by Gasteiger charge is -2.31. The molecular formula is C20H26ClN3O3S. The smallest absolute Gasteiger partial charge is 0.258 e. The van der Waals surface area contributed by atoms with E-state index in [4.69, 9.17) is 0 Å². The van der Waals surface area contributed by atoms with Crippen molar-refractivity contribution in [3.8, 4) is 0 Å². The molecule has 2 aliphatic heterocycles. The molecule has 1 saturated heterocycles. The number of carbonyl (C=O) groups is 1. The Hall–Kier alpha value is -1.67. The molecule has 8 heteroatoms. The van der Waals surface area contributed by atoms with Crippen molar-refractivity contribution in [3.63, 3.8) is 0 Å². The van der Waals surface area contributed by atoms with Gasteiger partial charge < -0.3 is 10.2 Å². The zero-order valence-corrected chi connectivity index (χ0v) is 17.8. The van der Waals surface area contributed by atoms with E-state index in [9.17, 15) is 13.2 Å². The van der Waals surface area contributed by atoms with E-state index in [0.717, 1.165) is 37.0 Å². The number of rotatable bonds is 5. The topological polar surface area (TPSA) is 69.7 Å². The fourth-order valence-electron chi connectivity index (χ4n) is 4.18. The number of hydrogen-bond acceptors (Lipinski definition) is 4. The molecule has 2 aromatic rings. The summed E-state index contributed by atoms with van der Waals surface area (Å²) in [7, 11) is -1.87. The largest absolute Gasteiger partial charge is 0.317 e. The number of nitrogens with zero attached hydrogens (tertiary/aromatic N) is 2. The van der Waals surface area contributed by atoms with Gasteiger partial charge in [-0.05, 0) is 50.0 Å². The number of halogens is 1. The minimum atomic E-state index is -3.59. The summed E-state index contributed by atoms with van der Waals surface area (Å²) < 4.78 is 28.3. The molecule has 0 atom stereocenters. The van der Waals surface area contributed by atoms with Gasteiger partial charge in [-0.1, -0.05) is 19.1 Å². The molecule has 0 aliphatic carbocycles. The van der Waals surface area contributed by atoms with Gasteiger partial charge >= 0.3 is 0 Å². The van der Waals surface area contributed by atoms with Crippen molar-refractivity contribution in [2.45, 2.75) is 24.7 Å². The maximum Gasteiger partial charge on any atom is 0.258 e. The third kappa shape index (κ3) is 3.30. The normalized spacial score (nSPS) is 17.9. The fraction of sp³-hybridized carbons (Fsp3) is 0.450. The average molecular weight is 424 g/mol. The Bertz CT molecular complexity index is 1000. The highest BCUT2D eigenvalue weighted by Gasteiger charge is 2.34. The molecule has 0 aromatic heterocycles. The summed E-state index contributed by atoms with van der Waals surface area (Å²) in [6.07, 6.45) is 1.74. The van der Waals surface area contributed by atoms with E-state index in [2.05, 4.69) is 12.2 Å². The predicted molar refractivity (Wildman–Crippen MR) is 114 cm³/mol. The minimum absolute atomic E-state index is 0. The molecule has 2 aromatic carbocycles. The van der Waals surface area contributed by atoms with Crippen LogP contribution in [0.25, 0.3) is 10.8 Å². The van der Waals surface area contributed by atoms with Crippen molar-refractivity contribution in [1.29, 1.82) is 0 Å². The van der Waals surface area contributed by atoms with Crippen LogP contribution in [-0.4, -0.2) is 51.9 Å². The number of piperidine rings is 1. The van der Waals surface area contributed by atoms with Gasteiger partial charge in [-0.25, -0.2) is 8.42 Å². The Labute approximate surface area is 172 Å². The van der Waals surface area contributed by atoms with Gasteiger partial charge in [-0.15, -0.1) is 12.4 Å². The molecule has 6 nitrogen and oxygen atoms in total. The fourth-order valence-corrected chi connectivity index (χ4v) is 5.83. The molecule has 4 rings (SSSR count). The highest BCUT2D eigenvalue weighted by atomic mass is 35.5. The summed E-state index contributed by atoms with van der Waals surface area (Å²) in [5.74, 6) is 0.435. The van der Waals surface area contributed by atoms with Crippen molar-refractivity contribution in [2.75, 3.05) is 38.1 Å². The van der Waals surface area contributed by atoms with Gasteiger partial charge in [0, 0.05) is 36.5 Å². The van der Waals surface area contributed by atoms with Crippen LogP contribution in [0.3, 0.4) is 0 Å². The summed E-state index contributed by atoms with van der Waals surface area (Å²) in [5, 5.41) is 4.73. The first-order valence-electron chi connectivity index (χ1n) is 9.49. The number of hydrogen-bond donors (Lipinski definition) is 1. The summed E-state index contributed by atoms with van der Waals surface area (Å²) in [6, 6.07) is 8.73. The number of anilines is 1. The first kappa shape index (κ1) is 21.0. The molecule has 0 spiro atoms. The van der Waals surface area contributed by atoms with Gasteiger partial charge in [0.1, 0.15) is 0 Å². The number of sulfonamides is 1. The molecule has 28 heavy (non-hydrogen) atoms. The van der Waals surface area contributed by atoms with Crippen LogP contribution in [0, 0.1) is 5.92 Å². The quantitative estimate of drug-likeness (QED) is 0.802. The number of carbonyl (C=O) groups excluding carboxylic acids is 1. The van der Waals surface area contributed by atoms with E-state index < -0.39 is 10.0 Å². The Kier molecular flexibility index (Phi) is 6.00. The molecular weight excluding hydrogens is 398 g/mol. The SMILES string of the molecule is CCNCC1CCN(S(=O)(=O)c2ccc3c4c(cccc24)C(=O)N3C)CC1.Cl. The summed E-state index contributed by atoms with van der Waals surface area (Å²) in [6.45, 7) is 5.05. The predicted octanol–water partition coefficient (Wildman–Crippen LogP) is 2.86. The van der Waals surface area contributed by atoms with Crippen molar-refractivity contribution in [2.24, 2.45) is 5.92 Å². The van der Waals surface area contributed by atoms with Gasteiger partial charge in [0.05, 0.1) is 10.6 Å².